The zero-order valence-electron chi connectivity index (χ0n) is 21.5. The number of rotatable bonds is 6. The largest absolute Gasteiger partial charge is 0.322 e. The summed E-state index contributed by atoms with van der Waals surface area (Å²) in [4.78, 5) is 13.6. The SMILES string of the molecule is CC1NNC(n2cc(C(=O)C3CC3)c3ccc(S(=O)(=O)NC4(C)CC4)cc32)S12CCCCCCCC2. The second-order valence-electron chi connectivity index (χ2n) is 11.8. The number of aromatic nitrogens is 1. The van der Waals surface area contributed by atoms with E-state index in [1.165, 1.54) is 50.0 Å². The number of hydrogen-bond acceptors (Lipinski definition) is 5. The zero-order chi connectivity index (χ0) is 25.1. The molecule has 2 unspecified atom stereocenters. The van der Waals surface area contributed by atoms with Crippen LogP contribution in [0.15, 0.2) is 29.3 Å². The summed E-state index contributed by atoms with van der Waals surface area (Å²) in [6.07, 6.45) is 13.3. The molecule has 7 nitrogen and oxygen atoms in total. The smallest absolute Gasteiger partial charge is 0.241 e. The van der Waals surface area contributed by atoms with E-state index in [0.717, 1.165) is 42.1 Å². The fourth-order valence-electron chi connectivity index (χ4n) is 6.07. The molecule has 2 saturated carbocycles. The predicted molar refractivity (Wildman–Crippen MR) is 147 cm³/mol. The second-order valence-corrected chi connectivity index (χ2v) is 17.4. The maximum absolute atomic E-state index is 13.3. The number of ketones is 1. The number of carbonyl (C=O) groups excluding carboxylic acids is 1. The second kappa shape index (κ2) is 9.12. The number of carbonyl (C=O) groups is 1. The Hall–Kier alpha value is -1.39. The molecule has 1 aromatic carbocycles. The van der Waals surface area contributed by atoms with Crippen molar-refractivity contribution in [2.45, 2.75) is 99.4 Å². The number of hydrogen-bond donors (Lipinski definition) is 3. The molecule has 0 bridgehead atoms. The molecule has 36 heavy (non-hydrogen) atoms. The Kier molecular flexibility index (Phi) is 6.31. The monoisotopic (exact) mass is 532 g/mol. The minimum absolute atomic E-state index is 0.0423. The van der Waals surface area contributed by atoms with E-state index in [4.69, 9.17) is 0 Å². The summed E-state index contributed by atoms with van der Waals surface area (Å²) < 4.78 is 31.7. The fourth-order valence-corrected chi connectivity index (χ4v) is 12.0. The summed E-state index contributed by atoms with van der Waals surface area (Å²) in [5.74, 6) is 2.71. The van der Waals surface area contributed by atoms with Crippen LogP contribution in [-0.4, -0.2) is 41.2 Å². The van der Waals surface area contributed by atoms with Gasteiger partial charge in [-0.2, -0.15) is 10.0 Å². The number of Topliss-reactive ketones (excluding diaryl/α,β-unsaturated/α-hetero) is 1. The van der Waals surface area contributed by atoms with Crippen molar-refractivity contribution in [1.29, 1.82) is 0 Å². The van der Waals surface area contributed by atoms with Gasteiger partial charge in [-0.15, -0.1) is 0 Å². The van der Waals surface area contributed by atoms with Gasteiger partial charge in [-0.05, 0) is 76.0 Å². The van der Waals surface area contributed by atoms with Crippen LogP contribution in [0.1, 0.15) is 93.9 Å². The third-order valence-corrected chi connectivity index (χ3v) is 15.3. The van der Waals surface area contributed by atoms with E-state index < -0.39 is 20.1 Å². The molecule has 9 heteroatoms. The third kappa shape index (κ3) is 4.45. The molecule has 2 saturated heterocycles. The van der Waals surface area contributed by atoms with Gasteiger partial charge < -0.3 is 4.57 Å². The van der Waals surface area contributed by atoms with Crippen molar-refractivity contribution in [3.05, 3.63) is 30.0 Å². The molecule has 4 aliphatic rings. The minimum Gasteiger partial charge on any atom is -0.322 e. The van der Waals surface area contributed by atoms with Crippen LogP contribution in [0.2, 0.25) is 0 Å². The van der Waals surface area contributed by atoms with Gasteiger partial charge in [-0.1, -0.05) is 31.7 Å². The molecule has 2 aromatic rings. The average Bonchev–Trinajstić information content (AvgIpc) is 3.75. The van der Waals surface area contributed by atoms with Gasteiger partial charge in [0.1, 0.15) is 5.50 Å². The van der Waals surface area contributed by atoms with Crippen LogP contribution in [0, 0.1) is 5.92 Å². The Morgan fingerprint density at radius 3 is 2.36 bits per heavy atom. The molecular weight excluding hydrogens is 492 g/mol. The maximum atomic E-state index is 13.3. The normalized spacial score (nSPS) is 28.9. The first-order valence-corrected chi connectivity index (χ1v) is 17.3. The molecule has 1 spiro atoms. The molecule has 4 fully saturated rings. The van der Waals surface area contributed by atoms with Crippen molar-refractivity contribution in [1.82, 2.24) is 20.1 Å². The number of sulfonamides is 1. The summed E-state index contributed by atoms with van der Waals surface area (Å²) >= 11 is 0. The molecule has 2 atom stereocenters. The zero-order valence-corrected chi connectivity index (χ0v) is 23.1. The average molecular weight is 533 g/mol. The van der Waals surface area contributed by atoms with Gasteiger partial charge in [0.05, 0.1) is 15.8 Å². The fraction of sp³-hybridized carbons (Fsp3) is 0.667. The third-order valence-electron chi connectivity index (χ3n) is 8.82. The van der Waals surface area contributed by atoms with Crippen LogP contribution in [0.25, 0.3) is 10.9 Å². The van der Waals surface area contributed by atoms with E-state index in [-0.39, 0.29) is 27.6 Å². The van der Waals surface area contributed by atoms with Crippen LogP contribution in [0.5, 0.6) is 0 Å². The quantitative estimate of drug-likeness (QED) is 0.449. The van der Waals surface area contributed by atoms with Crippen molar-refractivity contribution in [2.75, 3.05) is 11.5 Å². The molecule has 3 heterocycles. The Morgan fingerprint density at radius 1 is 1.06 bits per heavy atom. The van der Waals surface area contributed by atoms with E-state index in [1.807, 2.05) is 19.2 Å². The van der Waals surface area contributed by atoms with E-state index in [2.05, 4.69) is 27.1 Å². The molecule has 2 aliphatic heterocycles. The van der Waals surface area contributed by atoms with Gasteiger partial charge in [-0.25, -0.2) is 24.0 Å². The first-order chi connectivity index (χ1) is 17.2. The lowest BCUT2D eigenvalue weighted by molar-refractivity contribution is 0.0969. The number of nitrogens with one attached hydrogen (secondary N) is 3. The highest BCUT2D eigenvalue weighted by atomic mass is 32.3. The summed E-state index contributed by atoms with van der Waals surface area (Å²) in [5.41, 5.74) is 8.50. The molecule has 6 rings (SSSR count). The van der Waals surface area contributed by atoms with E-state index in [9.17, 15) is 13.2 Å². The van der Waals surface area contributed by atoms with Gasteiger partial charge in [-0.3, -0.25) is 4.79 Å². The number of benzene rings is 1. The van der Waals surface area contributed by atoms with Crippen LogP contribution >= 0.6 is 10.0 Å². The Labute approximate surface area is 216 Å². The molecule has 198 valence electrons. The Morgan fingerprint density at radius 2 is 1.72 bits per heavy atom. The predicted octanol–water partition coefficient (Wildman–Crippen LogP) is 5.13. The Bertz CT molecular complexity index is 1270. The highest BCUT2D eigenvalue weighted by Crippen LogP contribution is 2.64. The lowest BCUT2D eigenvalue weighted by atomic mass is 10.1. The summed E-state index contributed by atoms with van der Waals surface area (Å²) in [6, 6.07) is 5.35. The highest BCUT2D eigenvalue weighted by molar-refractivity contribution is 8.34. The lowest BCUT2D eigenvalue weighted by Gasteiger charge is -2.44. The molecule has 2 aliphatic carbocycles. The highest BCUT2D eigenvalue weighted by Gasteiger charge is 2.45. The van der Waals surface area contributed by atoms with Crippen molar-refractivity contribution in [3.63, 3.8) is 0 Å². The summed E-state index contributed by atoms with van der Waals surface area (Å²) in [7, 11) is -4.77. The van der Waals surface area contributed by atoms with Crippen LogP contribution in [0.4, 0.5) is 0 Å². The standard InChI is InChI=1S/C27H40N4O3S2/c1-19-28-29-26(35(19)15-7-5-3-4-6-8-16-35)31-18-23(25(32)20-9-10-20)22-12-11-21(17-24(22)31)36(33,34)30-27(2)13-14-27/h11-12,17-20,26,28-30H,3-10,13-16H2,1-2H3. The van der Waals surface area contributed by atoms with E-state index in [0.29, 0.717) is 5.37 Å². The van der Waals surface area contributed by atoms with Gasteiger partial charge in [0, 0.05) is 28.6 Å². The summed E-state index contributed by atoms with van der Waals surface area (Å²) in [6.45, 7) is 4.26. The van der Waals surface area contributed by atoms with Crippen molar-refractivity contribution in [3.8, 4) is 0 Å². The first-order valence-electron chi connectivity index (χ1n) is 13.7. The number of hydrazine groups is 1. The van der Waals surface area contributed by atoms with Gasteiger partial charge in [0.25, 0.3) is 0 Å². The molecule has 0 radical (unpaired) electrons. The van der Waals surface area contributed by atoms with Crippen molar-refractivity contribution in [2.24, 2.45) is 5.92 Å². The van der Waals surface area contributed by atoms with Crippen LogP contribution < -0.4 is 15.6 Å². The minimum atomic E-state index is -3.64. The molecular formula is C27H40N4O3S2. The first kappa shape index (κ1) is 24.9. The van der Waals surface area contributed by atoms with E-state index >= 15 is 0 Å². The molecule has 3 N–H and O–H groups in total. The van der Waals surface area contributed by atoms with Gasteiger partial charge >= 0.3 is 0 Å². The summed E-state index contributed by atoms with van der Waals surface area (Å²) in [5, 5.41) is 1.24. The van der Waals surface area contributed by atoms with Crippen molar-refractivity contribution < 1.29 is 13.2 Å². The Balaban J connectivity index is 1.47. The number of fused-ring (bicyclic) bond motifs is 1. The maximum Gasteiger partial charge on any atom is 0.241 e. The van der Waals surface area contributed by atoms with Crippen LogP contribution in [-0.2, 0) is 10.0 Å². The lowest BCUT2D eigenvalue weighted by Crippen LogP contribution is -2.34. The van der Waals surface area contributed by atoms with Crippen LogP contribution in [0.3, 0.4) is 0 Å². The molecule has 1 aromatic heterocycles. The van der Waals surface area contributed by atoms with E-state index in [1.54, 1.807) is 12.1 Å². The topological polar surface area (TPSA) is 92.2 Å². The van der Waals surface area contributed by atoms with Gasteiger partial charge in [0.2, 0.25) is 10.0 Å². The van der Waals surface area contributed by atoms with Crippen molar-refractivity contribution >= 4 is 36.7 Å². The van der Waals surface area contributed by atoms with Gasteiger partial charge in [0.15, 0.2) is 5.78 Å². The molecule has 0 amide bonds. The number of nitrogens with zero attached hydrogens (tertiary/aromatic N) is 1.